The van der Waals surface area contributed by atoms with Gasteiger partial charge in [0.15, 0.2) is 9.52 Å². The fraction of sp³-hybridized carbons (Fsp3) is 0.667. The summed E-state index contributed by atoms with van der Waals surface area (Å²) < 4.78 is 0. The van der Waals surface area contributed by atoms with Crippen molar-refractivity contribution in [2.75, 3.05) is 13.2 Å². The monoisotopic (exact) mass is 208 g/mol. The maximum absolute atomic E-state index is 10.8. The van der Waals surface area contributed by atoms with Crippen LogP contribution < -0.4 is 0 Å². The Labute approximate surface area is 76.6 Å². The van der Waals surface area contributed by atoms with Crippen LogP contribution >= 0.6 is 0 Å². The Kier molecular flexibility index (Phi) is 5.67. The first kappa shape index (κ1) is 12.4. The van der Waals surface area contributed by atoms with Gasteiger partial charge >= 0.3 is 0 Å². The molecule has 0 heterocycles. The minimum atomic E-state index is -1.95. The third-order valence-corrected chi connectivity index (χ3v) is 3.08. The number of hydrogen-bond donors (Lipinski definition) is 4. The first-order valence-corrected chi connectivity index (χ1v) is 5.07. The Bertz CT molecular complexity index is 174. The van der Waals surface area contributed by atoms with Gasteiger partial charge in [-0.05, 0) is 0 Å². The van der Waals surface area contributed by atoms with E-state index in [2.05, 4.69) is 0 Å². The van der Waals surface area contributed by atoms with E-state index >= 15 is 0 Å². The van der Waals surface area contributed by atoms with Gasteiger partial charge in [0.1, 0.15) is 23.0 Å². The maximum atomic E-state index is 10.8. The van der Waals surface area contributed by atoms with Crippen LogP contribution in [0, 0.1) is 0 Å². The Morgan fingerprint density at radius 2 is 1.31 bits per heavy atom. The predicted molar refractivity (Wildman–Crippen MR) is 44.7 cm³/mol. The molecule has 13 heavy (non-hydrogen) atoms. The number of rotatable bonds is 6. The number of aliphatic hydroxyl groups excluding tert-OH is 4. The van der Waals surface area contributed by atoms with Gasteiger partial charge in [0.05, 0.1) is 13.2 Å². The summed E-state index contributed by atoms with van der Waals surface area (Å²) in [5.41, 5.74) is 0. The van der Waals surface area contributed by atoms with E-state index in [0.29, 0.717) is 0 Å². The average molecular weight is 208 g/mol. The molecule has 0 aliphatic carbocycles. The molecule has 0 radical (unpaired) electrons. The summed E-state index contributed by atoms with van der Waals surface area (Å²) in [5.74, 6) is 0. The third-order valence-electron chi connectivity index (χ3n) is 1.44. The van der Waals surface area contributed by atoms with Crippen LogP contribution in [0.15, 0.2) is 0 Å². The molecule has 7 heteroatoms. The van der Waals surface area contributed by atoms with Gasteiger partial charge in [0.2, 0.25) is 0 Å². The van der Waals surface area contributed by atoms with Crippen LogP contribution in [0.5, 0.6) is 0 Å². The zero-order chi connectivity index (χ0) is 10.4. The number of hydrogen-bond acceptors (Lipinski definition) is 6. The molecule has 76 valence electrons. The fourth-order valence-electron chi connectivity index (χ4n) is 0.611. The molecule has 4 N–H and O–H groups in total. The zero-order valence-corrected chi connectivity index (χ0v) is 8.30. The molecule has 0 saturated heterocycles. The molecule has 0 rings (SSSR count). The summed E-state index contributed by atoms with van der Waals surface area (Å²) in [7, 11) is -1.95. The van der Waals surface area contributed by atoms with Gasteiger partial charge in [-0.25, -0.2) is 0 Å². The molecule has 0 aromatic carbocycles. The van der Waals surface area contributed by atoms with Gasteiger partial charge < -0.3 is 30.0 Å². The lowest BCUT2D eigenvalue weighted by molar-refractivity contribution is -0.124. The minimum Gasteiger partial charge on any atom is -0.393 e. The van der Waals surface area contributed by atoms with Crippen molar-refractivity contribution in [2.45, 2.75) is 12.2 Å². The van der Waals surface area contributed by atoms with Crippen LogP contribution in [0.1, 0.15) is 0 Å². The topological polar surface area (TPSA) is 115 Å². The van der Waals surface area contributed by atoms with Crippen molar-refractivity contribution < 1.29 is 30.0 Å². The van der Waals surface area contributed by atoms with E-state index < -0.39 is 45.8 Å². The number of carbonyl (C=O) groups excluding carboxylic acids is 2. The van der Waals surface area contributed by atoms with Crippen LogP contribution in [0.25, 0.3) is 0 Å². The molecule has 0 amide bonds. The second-order valence-electron chi connectivity index (χ2n) is 2.51. The van der Waals surface area contributed by atoms with Gasteiger partial charge in [-0.3, -0.25) is 0 Å². The van der Waals surface area contributed by atoms with Gasteiger partial charge in [0.25, 0.3) is 0 Å². The summed E-state index contributed by atoms with van der Waals surface area (Å²) in [6.07, 6.45) is -3.08. The lowest BCUT2D eigenvalue weighted by atomic mass is 10.4. The fourth-order valence-corrected chi connectivity index (χ4v) is 1.68. The maximum Gasteiger partial charge on any atom is 0.185 e. The van der Waals surface area contributed by atoms with E-state index in [4.69, 9.17) is 20.4 Å². The molecule has 2 unspecified atom stereocenters. The highest BCUT2D eigenvalue weighted by Gasteiger charge is 2.22. The van der Waals surface area contributed by atoms with Crippen LogP contribution in [0.4, 0.5) is 0 Å². The Morgan fingerprint density at radius 1 is 1.00 bits per heavy atom. The zero-order valence-electron chi connectivity index (χ0n) is 6.88. The van der Waals surface area contributed by atoms with E-state index in [9.17, 15) is 9.59 Å². The van der Waals surface area contributed by atoms with Crippen molar-refractivity contribution in [1.82, 2.24) is 0 Å². The molecule has 0 fully saturated rings. The summed E-state index contributed by atoms with van der Waals surface area (Å²) in [6, 6.07) is 0. The molecule has 0 aromatic heterocycles. The van der Waals surface area contributed by atoms with Gasteiger partial charge in [-0.15, -0.1) is 0 Å². The second-order valence-corrected chi connectivity index (χ2v) is 4.25. The highest BCUT2D eigenvalue weighted by Crippen LogP contribution is 1.88. The van der Waals surface area contributed by atoms with Gasteiger partial charge in [-0.2, -0.15) is 0 Å². The molecule has 0 saturated carbocycles. The average Bonchev–Trinajstić information content (AvgIpc) is 2.14. The summed E-state index contributed by atoms with van der Waals surface area (Å²) in [6.45, 7) is -1.46. The molecular formula is C6H12O6Si. The van der Waals surface area contributed by atoms with Gasteiger partial charge in [0, 0.05) is 0 Å². The highest BCUT2D eigenvalue weighted by molar-refractivity contribution is 6.98. The van der Waals surface area contributed by atoms with Crippen molar-refractivity contribution in [2.24, 2.45) is 0 Å². The van der Waals surface area contributed by atoms with Crippen LogP contribution in [0.3, 0.4) is 0 Å². The van der Waals surface area contributed by atoms with Crippen LogP contribution in [-0.4, -0.2) is 66.2 Å². The standard InChI is InChI=1S/C6H12O6Si/c7-1-3(9)5(11)13-6(12)4(10)2-8/h3-4,7-10H,1-2,13H2. The normalized spacial score (nSPS) is 16.0. The lowest BCUT2D eigenvalue weighted by Crippen LogP contribution is -2.39. The second kappa shape index (κ2) is 5.94. The molecule has 0 aromatic rings. The van der Waals surface area contributed by atoms with Crippen molar-refractivity contribution in [3.8, 4) is 0 Å². The first-order valence-electron chi connectivity index (χ1n) is 3.66. The first-order chi connectivity index (χ1) is 6.02. The quantitative estimate of drug-likeness (QED) is 0.330. The van der Waals surface area contributed by atoms with E-state index in [0.717, 1.165) is 0 Å². The van der Waals surface area contributed by atoms with Crippen molar-refractivity contribution in [3.63, 3.8) is 0 Å². The third kappa shape index (κ3) is 4.25. The SMILES string of the molecule is O=C([SiH2]C(=O)C(O)CO)C(O)CO. The molecule has 0 bridgehead atoms. The molecule has 6 nitrogen and oxygen atoms in total. The van der Waals surface area contributed by atoms with E-state index in [-0.39, 0.29) is 0 Å². The Hall–Kier alpha value is -0.603. The van der Waals surface area contributed by atoms with E-state index in [1.165, 1.54) is 0 Å². The summed E-state index contributed by atoms with van der Waals surface area (Å²) in [4.78, 5) is 21.7. The van der Waals surface area contributed by atoms with Crippen molar-refractivity contribution in [3.05, 3.63) is 0 Å². The van der Waals surface area contributed by atoms with E-state index in [1.807, 2.05) is 0 Å². The molecule has 0 spiro atoms. The molecule has 0 aliphatic rings. The van der Waals surface area contributed by atoms with Crippen molar-refractivity contribution >= 4 is 20.3 Å². The number of aliphatic hydroxyl groups is 4. The minimum absolute atomic E-state index is 0.728. The van der Waals surface area contributed by atoms with Crippen molar-refractivity contribution in [1.29, 1.82) is 0 Å². The van der Waals surface area contributed by atoms with Gasteiger partial charge in [-0.1, -0.05) is 0 Å². The molecular weight excluding hydrogens is 196 g/mol. The summed E-state index contributed by atoms with van der Waals surface area (Å²) >= 11 is 0. The number of carbonyl (C=O) groups is 2. The largest absolute Gasteiger partial charge is 0.393 e. The van der Waals surface area contributed by atoms with Crippen LogP contribution in [-0.2, 0) is 9.59 Å². The molecule has 2 atom stereocenters. The van der Waals surface area contributed by atoms with Crippen LogP contribution in [0.2, 0.25) is 0 Å². The smallest absolute Gasteiger partial charge is 0.185 e. The Morgan fingerprint density at radius 3 is 1.54 bits per heavy atom. The highest BCUT2D eigenvalue weighted by atomic mass is 28.2. The lowest BCUT2D eigenvalue weighted by Gasteiger charge is -2.07. The molecule has 0 aliphatic heterocycles. The Balaban J connectivity index is 3.99. The summed E-state index contributed by atoms with van der Waals surface area (Å²) in [5, 5.41) is 32.7. The predicted octanol–water partition coefficient (Wildman–Crippen LogP) is -4.09. The van der Waals surface area contributed by atoms with E-state index in [1.54, 1.807) is 0 Å².